The van der Waals surface area contributed by atoms with Crippen LogP contribution in [0, 0.1) is 11.8 Å². The molecule has 0 fully saturated rings. The van der Waals surface area contributed by atoms with Gasteiger partial charge in [-0.1, -0.05) is 13.8 Å². The topological polar surface area (TPSA) is 46.5 Å². The maximum absolute atomic E-state index is 11.4. The van der Waals surface area contributed by atoms with Gasteiger partial charge in [0.1, 0.15) is 0 Å². The number of hydrogen-bond donors (Lipinski definition) is 1. The Morgan fingerprint density at radius 1 is 1.64 bits per heavy atom. The van der Waals surface area contributed by atoms with Crippen molar-refractivity contribution in [1.29, 1.82) is 0 Å². The van der Waals surface area contributed by atoms with Crippen molar-refractivity contribution >= 4 is 5.97 Å². The molecular weight excluding hydrogens is 180 g/mol. The zero-order valence-electron chi connectivity index (χ0n) is 8.99. The number of carbonyl (C=O) groups is 1. The summed E-state index contributed by atoms with van der Waals surface area (Å²) in [6.07, 6.45) is 1.82. The molecule has 3 heteroatoms. The fourth-order valence-corrected chi connectivity index (χ4v) is 1.67. The van der Waals surface area contributed by atoms with Gasteiger partial charge in [-0.2, -0.15) is 0 Å². The lowest BCUT2D eigenvalue weighted by atomic mass is 9.80. The van der Waals surface area contributed by atoms with E-state index < -0.39 is 6.10 Å². The molecule has 3 nitrogen and oxygen atoms in total. The summed E-state index contributed by atoms with van der Waals surface area (Å²) in [5, 5.41) is 9.65. The molecule has 1 aliphatic rings. The van der Waals surface area contributed by atoms with Crippen molar-refractivity contribution in [2.45, 2.75) is 33.3 Å². The van der Waals surface area contributed by atoms with Crippen LogP contribution < -0.4 is 0 Å². The molecule has 0 saturated carbocycles. The summed E-state index contributed by atoms with van der Waals surface area (Å²) in [7, 11) is 0. The molecule has 0 aliphatic heterocycles. The maximum Gasteiger partial charge on any atom is 0.333 e. The fourth-order valence-electron chi connectivity index (χ4n) is 1.67. The summed E-state index contributed by atoms with van der Waals surface area (Å²) in [6.45, 7) is 6.20. The molecule has 0 bridgehead atoms. The second-order valence-electron chi connectivity index (χ2n) is 3.94. The monoisotopic (exact) mass is 198 g/mol. The molecule has 0 spiro atoms. The third-order valence-electron chi connectivity index (χ3n) is 2.89. The van der Waals surface area contributed by atoms with Crippen molar-refractivity contribution in [3.63, 3.8) is 0 Å². The van der Waals surface area contributed by atoms with Crippen molar-refractivity contribution in [2.75, 3.05) is 6.61 Å². The molecule has 1 aliphatic carbocycles. The van der Waals surface area contributed by atoms with Crippen LogP contribution in [0.25, 0.3) is 0 Å². The Morgan fingerprint density at radius 3 is 2.79 bits per heavy atom. The molecule has 0 aromatic heterocycles. The van der Waals surface area contributed by atoms with E-state index in [1.54, 1.807) is 13.0 Å². The number of aliphatic hydroxyl groups excluding tert-OH is 1. The summed E-state index contributed by atoms with van der Waals surface area (Å²) in [5.74, 6) is 0.257. The average molecular weight is 198 g/mol. The average Bonchev–Trinajstić information content (AvgIpc) is 2.13. The number of esters is 1. The van der Waals surface area contributed by atoms with E-state index in [9.17, 15) is 9.90 Å². The molecule has 3 atom stereocenters. The van der Waals surface area contributed by atoms with E-state index in [1.807, 2.05) is 13.8 Å². The SMILES string of the molecule is CCOC(=O)C1=C[C@@H](O)[C@H](C)[C@@H](C)C1. The molecule has 14 heavy (non-hydrogen) atoms. The van der Waals surface area contributed by atoms with Crippen LogP contribution in [-0.2, 0) is 9.53 Å². The highest BCUT2D eigenvalue weighted by atomic mass is 16.5. The fraction of sp³-hybridized carbons (Fsp3) is 0.727. The summed E-state index contributed by atoms with van der Waals surface area (Å²) < 4.78 is 4.89. The zero-order chi connectivity index (χ0) is 10.7. The van der Waals surface area contributed by atoms with Crippen LogP contribution >= 0.6 is 0 Å². The van der Waals surface area contributed by atoms with Crippen LogP contribution in [0.1, 0.15) is 27.2 Å². The van der Waals surface area contributed by atoms with Crippen LogP contribution in [0.15, 0.2) is 11.6 Å². The van der Waals surface area contributed by atoms with E-state index in [0.29, 0.717) is 24.5 Å². The minimum atomic E-state index is -0.516. The Balaban J connectivity index is 2.71. The molecule has 0 radical (unpaired) electrons. The smallest absolute Gasteiger partial charge is 0.333 e. The Morgan fingerprint density at radius 2 is 2.29 bits per heavy atom. The first-order valence-electron chi connectivity index (χ1n) is 5.12. The Labute approximate surface area is 84.8 Å². The van der Waals surface area contributed by atoms with Crippen molar-refractivity contribution in [3.8, 4) is 0 Å². The maximum atomic E-state index is 11.4. The molecule has 1 rings (SSSR count). The van der Waals surface area contributed by atoms with E-state index >= 15 is 0 Å². The molecular formula is C11H18O3. The number of carbonyl (C=O) groups excluding carboxylic acids is 1. The highest BCUT2D eigenvalue weighted by Gasteiger charge is 2.28. The zero-order valence-corrected chi connectivity index (χ0v) is 8.99. The quantitative estimate of drug-likeness (QED) is 0.684. The molecule has 0 aromatic rings. The van der Waals surface area contributed by atoms with Gasteiger partial charge in [-0.3, -0.25) is 0 Å². The van der Waals surface area contributed by atoms with E-state index in [1.165, 1.54) is 0 Å². The molecule has 80 valence electrons. The van der Waals surface area contributed by atoms with E-state index in [0.717, 1.165) is 0 Å². The van der Waals surface area contributed by atoms with Crippen LogP contribution in [0.2, 0.25) is 0 Å². The molecule has 0 aromatic carbocycles. The van der Waals surface area contributed by atoms with Crippen molar-refractivity contribution in [1.82, 2.24) is 0 Å². The van der Waals surface area contributed by atoms with Gasteiger partial charge in [0.15, 0.2) is 0 Å². The highest BCUT2D eigenvalue weighted by Crippen LogP contribution is 2.29. The third kappa shape index (κ3) is 2.35. The van der Waals surface area contributed by atoms with Crippen LogP contribution in [0.5, 0.6) is 0 Å². The number of hydrogen-bond acceptors (Lipinski definition) is 3. The molecule has 0 amide bonds. The molecule has 0 unspecified atom stereocenters. The lowest BCUT2D eigenvalue weighted by molar-refractivity contribution is -0.139. The number of aliphatic hydroxyl groups is 1. The minimum Gasteiger partial charge on any atom is -0.463 e. The molecule has 0 heterocycles. The van der Waals surface area contributed by atoms with E-state index in [4.69, 9.17) is 4.74 Å². The van der Waals surface area contributed by atoms with Crippen molar-refractivity contribution < 1.29 is 14.6 Å². The summed E-state index contributed by atoms with van der Waals surface area (Å²) in [5.41, 5.74) is 0.616. The van der Waals surface area contributed by atoms with Gasteiger partial charge < -0.3 is 9.84 Å². The lowest BCUT2D eigenvalue weighted by Gasteiger charge is -2.28. The summed E-state index contributed by atoms with van der Waals surface area (Å²) >= 11 is 0. The van der Waals surface area contributed by atoms with Gasteiger partial charge in [-0.05, 0) is 31.3 Å². The van der Waals surface area contributed by atoms with E-state index in [-0.39, 0.29) is 11.9 Å². The van der Waals surface area contributed by atoms with Crippen LogP contribution in [-0.4, -0.2) is 23.8 Å². The van der Waals surface area contributed by atoms with Crippen molar-refractivity contribution in [2.24, 2.45) is 11.8 Å². The van der Waals surface area contributed by atoms with E-state index in [2.05, 4.69) is 0 Å². The second-order valence-corrected chi connectivity index (χ2v) is 3.94. The van der Waals surface area contributed by atoms with Gasteiger partial charge in [0.25, 0.3) is 0 Å². The standard InChI is InChI=1S/C11H18O3/c1-4-14-11(13)9-5-7(2)8(3)10(12)6-9/h6-8,10,12H,4-5H2,1-3H3/t7-,8+,10+/m0/s1. The predicted molar refractivity (Wildman–Crippen MR) is 53.7 cm³/mol. The van der Waals surface area contributed by atoms with Crippen molar-refractivity contribution in [3.05, 3.63) is 11.6 Å². The van der Waals surface area contributed by atoms with Gasteiger partial charge in [0.05, 0.1) is 12.7 Å². The molecule has 1 N–H and O–H groups in total. The van der Waals surface area contributed by atoms with Gasteiger partial charge in [0, 0.05) is 5.57 Å². The normalized spacial score (nSPS) is 32.3. The first-order valence-corrected chi connectivity index (χ1v) is 5.12. The predicted octanol–water partition coefficient (Wildman–Crippen LogP) is 1.51. The largest absolute Gasteiger partial charge is 0.463 e. The minimum absolute atomic E-state index is 0.216. The summed E-state index contributed by atoms with van der Waals surface area (Å²) in [4.78, 5) is 11.4. The van der Waals surface area contributed by atoms with Gasteiger partial charge in [-0.15, -0.1) is 0 Å². The van der Waals surface area contributed by atoms with Gasteiger partial charge in [0.2, 0.25) is 0 Å². The van der Waals surface area contributed by atoms with Crippen LogP contribution in [0.3, 0.4) is 0 Å². The summed E-state index contributed by atoms with van der Waals surface area (Å²) in [6, 6.07) is 0. The first kappa shape index (κ1) is 11.2. The van der Waals surface area contributed by atoms with Gasteiger partial charge in [-0.25, -0.2) is 4.79 Å². The highest BCUT2D eigenvalue weighted by molar-refractivity contribution is 5.88. The van der Waals surface area contributed by atoms with Crippen LogP contribution in [0.4, 0.5) is 0 Å². The Kier molecular flexibility index (Phi) is 3.69. The second kappa shape index (κ2) is 4.60. The molecule has 0 saturated heterocycles. The third-order valence-corrected chi connectivity index (χ3v) is 2.89. The first-order chi connectivity index (χ1) is 6.56. The number of rotatable bonds is 2. The lowest BCUT2D eigenvalue weighted by Crippen LogP contribution is -2.29. The van der Waals surface area contributed by atoms with Gasteiger partial charge >= 0.3 is 5.97 Å². The Hall–Kier alpha value is -0.830. The number of ether oxygens (including phenoxy) is 1. The Bertz CT molecular complexity index is 245.